The van der Waals surface area contributed by atoms with Crippen molar-refractivity contribution >= 4 is 17.1 Å². The number of nitrogens with one attached hydrogen (secondary N) is 1. The Labute approximate surface area is 106 Å². The number of anilines is 3. The maximum atomic E-state index is 12.7. The summed E-state index contributed by atoms with van der Waals surface area (Å²) in [6, 6.07) is 12.0. The summed E-state index contributed by atoms with van der Waals surface area (Å²) in [6.07, 6.45) is 0.824. The molecule has 0 aliphatic heterocycles. The molecule has 5 N–H and O–H groups in total. The predicted octanol–water partition coefficient (Wildman–Crippen LogP) is 2.64. The minimum Gasteiger partial charge on any atom is -0.397 e. The van der Waals surface area contributed by atoms with E-state index in [9.17, 15) is 4.39 Å². The van der Waals surface area contributed by atoms with Gasteiger partial charge in [-0.2, -0.15) is 0 Å². The molecule has 0 spiro atoms. The van der Waals surface area contributed by atoms with Gasteiger partial charge < -0.3 is 16.8 Å². The molecule has 0 heterocycles. The van der Waals surface area contributed by atoms with Crippen LogP contribution in [0.25, 0.3) is 0 Å². The quantitative estimate of drug-likeness (QED) is 0.725. The Balaban J connectivity index is 1.88. The number of halogens is 1. The van der Waals surface area contributed by atoms with Crippen LogP contribution < -0.4 is 16.8 Å². The summed E-state index contributed by atoms with van der Waals surface area (Å²) < 4.78 is 12.7. The van der Waals surface area contributed by atoms with E-state index >= 15 is 0 Å². The van der Waals surface area contributed by atoms with Crippen molar-refractivity contribution in [3.63, 3.8) is 0 Å². The Hall–Kier alpha value is -2.23. The molecule has 0 amide bonds. The van der Waals surface area contributed by atoms with Gasteiger partial charge in [-0.1, -0.05) is 12.1 Å². The molecule has 18 heavy (non-hydrogen) atoms. The third kappa shape index (κ3) is 3.13. The minimum atomic E-state index is -0.210. The molecule has 0 saturated carbocycles. The van der Waals surface area contributed by atoms with Crippen molar-refractivity contribution in [3.8, 4) is 0 Å². The van der Waals surface area contributed by atoms with Crippen molar-refractivity contribution in [2.24, 2.45) is 0 Å². The molecule has 0 saturated heterocycles. The van der Waals surface area contributed by atoms with Crippen LogP contribution in [0.3, 0.4) is 0 Å². The van der Waals surface area contributed by atoms with Gasteiger partial charge in [0.2, 0.25) is 0 Å². The average Bonchev–Trinajstić information content (AvgIpc) is 2.36. The SMILES string of the molecule is Nc1ccc(NCCc2ccc(F)cc2)cc1N. The number of hydrogen-bond acceptors (Lipinski definition) is 3. The Bertz CT molecular complexity index is 523. The van der Waals surface area contributed by atoms with E-state index in [0.29, 0.717) is 11.4 Å². The van der Waals surface area contributed by atoms with Crippen molar-refractivity contribution in [1.29, 1.82) is 0 Å². The molecule has 2 aromatic carbocycles. The normalized spacial score (nSPS) is 10.3. The zero-order valence-electron chi connectivity index (χ0n) is 9.99. The summed E-state index contributed by atoms with van der Waals surface area (Å²) in [7, 11) is 0. The zero-order valence-corrected chi connectivity index (χ0v) is 9.99. The van der Waals surface area contributed by atoms with E-state index in [4.69, 9.17) is 11.5 Å². The predicted molar refractivity (Wildman–Crippen MR) is 73.9 cm³/mol. The maximum Gasteiger partial charge on any atom is 0.123 e. The molecular formula is C14H16FN3. The van der Waals surface area contributed by atoms with Gasteiger partial charge in [0.1, 0.15) is 5.82 Å². The van der Waals surface area contributed by atoms with Crippen molar-refractivity contribution in [3.05, 3.63) is 53.8 Å². The molecule has 0 unspecified atom stereocenters. The van der Waals surface area contributed by atoms with Crippen LogP contribution in [-0.2, 0) is 6.42 Å². The van der Waals surface area contributed by atoms with Crippen LogP contribution in [0.2, 0.25) is 0 Å². The smallest absolute Gasteiger partial charge is 0.123 e. The first-order chi connectivity index (χ1) is 8.65. The number of nitrogens with two attached hydrogens (primary N) is 2. The number of hydrogen-bond donors (Lipinski definition) is 3. The molecule has 2 aromatic rings. The van der Waals surface area contributed by atoms with Crippen LogP contribution in [-0.4, -0.2) is 6.54 Å². The van der Waals surface area contributed by atoms with E-state index in [2.05, 4.69) is 5.32 Å². The van der Waals surface area contributed by atoms with Gasteiger partial charge >= 0.3 is 0 Å². The molecule has 0 bridgehead atoms. The average molecular weight is 245 g/mol. The molecule has 0 atom stereocenters. The van der Waals surface area contributed by atoms with Gasteiger partial charge in [0.25, 0.3) is 0 Å². The second kappa shape index (κ2) is 5.40. The second-order valence-corrected chi connectivity index (χ2v) is 4.15. The second-order valence-electron chi connectivity index (χ2n) is 4.15. The zero-order chi connectivity index (χ0) is 13.0. The van der Waals surface area contributed by atoms with E-state index in [1.807, 2.05) is 6.07 Å². The Morgan fingerprint density at radius 2 is 1.67 bits per heavy atom. The van der Waals surface area contributed by atoms with Gasteiger partial charge in [-0.3, -0.25) is 0 Å². The van der Waals surface area contributed by atoms with E-state index in [1.54, 1.807) is 24.3 Å². The lowest BCUT2D eigenvalue weighted by Gasteiger charge is -2.08. The first-order valence-electron chi connectivity index (χ1n) is 5.78. The number of nitrogen functional groups attached to an aromatic ring is 2. The Morgan fingerprint density at radius 3 is 2.33 bits per heavy atom. The van der Waals surface area contributed by atoms with Crippen LogP contribution in [0.1, 0.15) is 5.56 Å². The third-order valence-electron chi connectivity index (χ3n) is 2.74. The Morgan fingerprint density at radius 1 is 0.944 bits per heavy atom. The molecule has 0 aliphatic rings. The number of rotatable bonds is 4. The summed E-state index contributed by atoms with van der Waals surface area (Å²) in [6.45, 7) is 0.759. The fraction of sp³-hybridized carbons (Fsp3) is 0.143. The van der Waals surface area contributed by atoms with E-state index in [-0.39, 0.29) is 5.82 Å². The number of benzene rings is 2. The Kier molecular flexibility index (Phi) is 3.67. The lowest BCUT2D eigenvalue weighted by molar-refractivity contribution is 0.627. The molecule has 0 fully saturated rings. The first kappa shape index (κ1) is 12.2. The summed E-state index contributed by atoms with van der Waals surface area (Å²) >= 11 is 0. The fourth-order valence-electron chi connectivity index (χ4n) is 1.69. The summed E-state index contributed by atoms with van der Waals surface area (Å²) in [4.78, 5) is 0. The minimum absolute atomic E-state index is 0.210. The molecule has 0 radical (unpaired) electrons. The lowest BCUT2D eigenvalue weighted by atomic mass is 10.1. The largest absolute Gasteiger partial charge is 0.397 e. The van der Waals surface area contributed by atoms with E-state index < -0.39 is 0 Å². The van der Waals surface area contributed by atoms with E-state index in [0.717, 1.165) is 24.2 Å². The standard InChI is InChI=1S/C14H16FN3/c15-11-3-1-10(2-4-11)7-8-18-12-5-6-13(16)14(17)9-12/h1-6,9,18H,7-8,16-17H2. The lowest BCUT2D eigenvalue weighted by Crippen LogP contribution is -2.05. The fourth-order valence-corrected chi connectivity index (χ4v) is 1.69. The highest BCUT2D eigenvalue weighted by Crippen LogP contribution is 2.19. The van der Waals surface area contributed by atoms with Crippen LogP contribution in [0.15, 0.2) is 42.5 Å². The maximum absolute atomic E-state index is 12.7. The molecular weight excluding hydrogens is 229 g/mol. The highest BCUT2D eigenvalue weighted by molar-refractivity contribution is 5.69. The monoisotopic (exact) mass is 245 g/mol. The highest BCUT2D eigenvalue weighted by Gasteiger charge is 1.98. The first-order valence-corrected chi connectivity index (χ1v) is 5.78. The molecule has 2 rings (SSSR count). The van der Waals surface area contributed by atoms with E-state index in [1.165, 1.54) is 12.1 Å². The summed E-state index contributed by atoms with van der Waals surface area (Å²) in [5.74, 6) is -0.210. The topological polar surface area (TPSA) is 64.1 Å². The van der Waals surface area contributed by atoms with Gasteiger partial charge in [0.05, 0.1) is 11.4 Å². The van der Waals surface area contributed by atoms with Gasteiger partial charge in [-0.25, -0.2) is 4.39 Å². The summed E-state index contributed by atoms with van der Waals surface area (Å²) in [5.41, 5.74) is 14.5. The van der Waals surface area contributed by atoms with Gasteiger partial charge in [0.15, 0.2) is 0 Å². The highest BCUT2D eigenvalue weighted by atomic mass is 19.1. The third-order valence-corrected chi connectivity index (χ3v) is 2.74. The van der Waals surface area contributed by atoms with Gasteiger partial charge in [0, 0.05) is 12.2 Å². The van der Waals surface area contributed by atoms with Gasteiger partial charge in [-0.15, -0.1) is 0 Å². The van der Waals surface area contributed by atoms with Crippen LogP contribution >= 0.6 is 0 Å². The molecule has 3 nitrogen and oxygen atoms in total. The van der Waals surface area contributed by atoms with Crippen LogP contribution in [0, 0.1) is 5.82 Å². The molecule has 0 aromatic heterocycles. The molecule has 94 valence electrons. The van der Waals surface area contributed by atoms with Crippen molar-refractivity contribution in [1.82, 2.24) is 0 Å². The summed E-state index contributed by atoms with van der Waals surface area (Å²) in [5, 5.41) is 3.25. The van der Waals surface area contributed by atoms with Gasteiger partial charge in [-0.05, 0) is 42.3 Å². The molecule has 0 aliphatic carbocycles. The van der Waals surface area contributed by atoms with Crippen molar-refractivity contribution in [2.75, 3.05) is 23.3 Å². The van der Waals surface area contributed by atoms with Crippen molar-refractivity contribution < 1.29 is 4.39 Å². The van der Waals surface area contributed by atoms with Crippen LogP contribution in [0.4, 0.5) is 21.5 Å². The van der Waals surface area contributed by atoms with Crippen molar-refractivity contribution in [2.45, 2.75) is 6.42 Å². The van der Waals surface area contributed by atoms with Crippen LogP contribution in [0.5, 0.6) is 0 Å². The molecule has 4 heteroatoms.